The molecule has 0 radical (unpaired) electrons. The topological polar surface area (TPSA) is 62.9 Å². The van der Waals surface area contributed by atoms with E-state index in [4.69, 9.17) is 24.4 Å². The molecule has 0 spiro atoms. The molecule has 1 aliphatic rings. The van der Waals surface area contributed by atoms with Crippen LogP contribution >= 0.6 is 0 Å². The van der Waals surface area contributed by atoms with E-state index < -0.39 is 13.7 Å². The maximum absolute atomic E-state index is 6.30. The molecule has 1 fully saturated rings. The Bertz CT molecular complexity index is 265. The fraction of sp³-hybridized carbons (Fsp3) is 1.00. The normalized spacial score (nSPS) is 25.1. The van der Waals surface area contributed by atoms with Gasteiger partial charge in [0.1, 0.15) is 0 Å². The number of hydrogen-bond acceptors (Lipinski definition) is 5. The Morgan fingerprint density at radius 1 is 1.05 bits per heavy atom. The van der Waals surface area contributed by atoms with Crippen LogP contribution in [0.25, 0.3) is 0 Å². The van der Waals surface area contributed by atoms with Gasteiger partial charge in [-0.2, -0.15) is 0 Å². The lowest BCUT2D eigenvalue weighted by atomic mass is 10.2. The van der Waals surface area contributed by atoms with E-state index in [0.717, 1.165) is 25.3 Å². The van der Waals surface area contributed by atoms with Gasteiger partial charge in [0.15, 0.2) is 5.41 Å². The van der Waals surface area contributed by atoms with E-state index in [2.05, 4.69) is 0 Å². The molecule has 126 valence electrons. The molecule has 1 heterocycles. The van der Waals surface area contributed by atoms with Crippen LogP contribution in [0.15, 0.2) is 0 Å². The van der Waals surface area contributed by atoms with Crippen molar-refractivity contribution in [2.24, 2.45) is 5.73 Å². The van der Waals surface area contributed by atoms with Crippen molar-refractivity contribution in [2.45, 2.75) is 57.9 Å². The average Bonchev–Trinajstić information content (AvgIpc) is 2.47. The summed E-state index contributed by atoms with van der Waals surface area (Å²) in [6, 6.07) is 1.05. The quantitative estimate of drug-likeness (QED) is 0.360. The van der Waals surface area contributed by atoms with Crippen LogP contribution in [-0.4, -0.2) is 52.9 Å². The minimum absolute atomic E-state index is 0.548. The molecule has 1 unspecified atom stereocenters. The third-order valence-electron chi connectivity index (χ3n) is 4.03. The van der Waals surface area contributed by atoms with Crippen LogP contribution in [0.5, 0.6) is 0 Å². The molecule has 2 N–H and O–H groups in total. The van der Waals surface area contributed by atoms with Crippen LogP contribution in [0.3, 0.4) is 0 Å². The zero-order valence-electron chi connectivity index (χ0n) is 14.0. The largest absolute Gasteiger partial charge is 0.409 e. The Morgan fingerprint density at radius 3 is 2.33 bits per heavy atom. The van der Waals surface area contributed by atoms with Crippen LogP contribution in [-0.2, 0) is 18.6 Å². The SMILES string of the molecule is CCOC1(OCC)CCCC[Si]1(COCCCN)OCC. The third kappa shape index (κ3) is 4.74. The van der Waals surface area contributed by atoms with Gasteiger partial charge in [-0.3, -0.25) is 0 Å². The monoisotopic (exact) mass is 319 g/mol. The predicted molar refractivity (Wildman–Crippen MR) is 86.5 cm³/mol. The fourth-order valence-corrected chi connectivity index (χ4v) is 7.69. The summed E-state index contributed by atoms with van der Waals surface area (Å²) < 4.78 is 24.5. The second-order valence-electron chi connectivity index (χ2n) is 5.45. The van der Waals surface area contributed by atoms with Gasteiger partial charge in [-0.1, -0.05) is 6.42 Å². The molecule has 0 aromatic heterocycles. The molecule has 1 saturated heterocycles. The Hall–Kier alpha value is 0.0169. The van der Waals surface area contributed by atoms with Gasteiger partial charge in [-0.15, -0.1) is 0 Å². The van der Waals surface area contributed by atoms with Crippen molar-refractivity contribution in [3.05, 3.63) is 0 Å². The van der Waals surface area contributed by atoms with E-state index >= 15 is 0 Å². The van der Waals surface area contributed by atoms with Crippen LogP contribution < -0.4 is 5.73 Å². The maximum atomic E-state index is 6.30. The number of rotatable bonds is 11. The second-order valence-corrected chi connectivity index (χ2v) is 9.28. The van der Waals surface area contributed by atoms with Crippen molar-refractivity contribution >= 4 is 8.32 Å². The van der Waals surface area contributed by atoms with Gasteiger partial charge in [0, 0.05) is 32.8 Å². The highest BCUT2D eigenvalue weighted by molar-refractivity contribution is 6.76. The molecule has 5 nitrogen and oxygen atoms in total. The summed E-state index contributed by atoms with van der Waals surface area (Å²) in [5.41, 5.74) is 4.99. The van der Waals surface area contributed by atoms with Crippen molar-refractivity contribution in [1.29, 1.82) is 0 Å². The molecule has 21 heavy (non-hydrogen) atoms. The van der Waals surface area contributed by atoms with E-state index in [9.17, 15) is 0 Å². The molecule has 1 aliphatic heterocycles. The molecular weight excluding hydrogens is 286 g/mol. The van der Waals surface area contributed by atoms with Crippen LogP contribution in [0.4, 0.5) is 0 Å². The molecule has 0 saturated carbocycles. The summed E-state index contributed by atoms with van der Waals surface area (Å²) in [4.78, 5) is 0. The van der Waals surface area contributed by atoms with Gasteiger partial charge in [-0.05, 0) is 46.2 Å². The highest BCUT2D eigenvalue weighted by Gasteiger charge is 2.59. The van der Waals surface area contributed by atoms with Crippen molar-refractivity contribution < 1.29 is 18.6 Å². The van der Waals surface area contributed by atoms with Gasteiger partial charge >= 0.3 is 0 Å². The Balaban J connectivity index is 2.90. The van der Waals surface area contributed by atoms with E-state index in [1.807, 2.05) is 20.8 Å². The zero-order chi connectivity index (χ0) is 15.6. The fourth-order valence-electron chi connectivity index (χ4n) is 3.21. The summed E-state index contributed by atoms with van der Waals surface area (Å²) >= 11 is 0. The Labute approximate surface area is 130 Å². The lowest BCUT2D eigenvalue weighted by Gasteiger charge is -2.49. The third-order valence-corrected chi connectivity index (χ3v) is 8.63. The van der Waals surface area contributed by atoms with Gasteiger partial charge in [-0.25, -0.2) is 0 Å². The van der Waals surface area contributed by atoms with Crippen molar-refractivity contribution in [3.63, 3.8) is 0 Å². The van der Waals surface area contributed by atoms with Crippen LogP contribution in [0.1, 0.15) is 46.5 Å². The second kappa shape index (κ2) is 9.92. The van der Waals surface area contributed by atoms with E-state index in [1.54, 1.807) is 0 Å². The lowest BCUT2D eigenvalue weighted by Crippen LogP contribution is -2.68. The first-order valence-electron chi connectivity index (χ1n) is 8.40. The van der Waals surface area contributed by atoms with Gasteiger partial charge < -0.3 is 24.4 Å². The summed E-state index contributed by atoms with van der Waals surface area (Å²) in [5, 5.41) is 0. The van der Waals surface area contributed by atoms with E-state index in [-0.39, 0.29) is 0 Å². The minimum atomic E-state index is -2.26. The number of nitrogens with two attached hydrogens (primary N) is 1. The van der Waals surface area contributed by atoms with E-state index in [1.165, 1.54) is 6.42 Å². The number of ether oxygens (including phenoxy) is 3. The zero-order valence-corrected chi connectivity index (χ0v) is 15.0. The van der Waals surface area contributed by atoms with Crippen molar-refractivity contribution in [2.75, 3.05) is 39.2 Å². The maximum Gasteiger partial charge on any atom is 0.282 e. The molecule has 0 aliphatic carbocycles. The molecule has 0 aromatic carbocycles. The smallest absolute Gasteiger partial charge is 0.282 e. The Kier molecular flexibility index (Phi) is 9.00. The van der Waals surface area contributed by atoms with Crippen molar-refractivity contribution in [1.82, 2.24) is 0 Å². The highest BCUT2D eigenvalue weighted by Crippen LogP contribution is 2.41. The first-order chi connectivity index (χ1) is 10.2. The summed E-state index contributed by atoms with van der Waals surface area (Å²) in [7, 11) is -2.26. The minimum Gasteiger partial charge on any atom is -0.409 e. The standard InChI is InChI=1S/C15H33NO4Si/c1-4-18-15(19-5-2)10-7-8-13-21(15,20-6-3)14-17-12-9-11-16/h4-14,16H2,1-3H3. The lowest BCUT2D eigenvalue weighted by molar-refractivity contribution is -0.201. The molecule has 0 amide bonds. The first-order valence-corrected chi connectivity index (χ1v) is 10.7. The van der Waals surface area contributed by atoms with Gasteiger partial charge in [0.2, 0.25) is 0 Å². The molecule has 1 rings (SSSR count). The molecule has 0 bridgehead atoms. The highest BCUT2D eigenvalue weighted by atomic mass is 28.4. The summed E-state index contributed by atoms with van der Waals surface area (Å²) in [5.74, 6) is 0. The van der Waals surface area contributed by atoms with Crippen LogP contribution in [0, 0.1) is 0 Å². The first kappa shape index (κ1) is 19.1. The average molecular weight is 320 g/mol. The van der Waals surface area contributed by atoms with E-state index in [0.29, 0.717) is 39.2 Å². The summed E-state index contributed by atoms with van der Waals surface area (Å²) in [6.07, 6.45) is 4.74. The summed E-state index contributed by atoms with van der Waals surface area (Å²) in [6.45, 7) is 9.42. The number of hydrogen-bond donors (Lipinski definition) is 1. The molecule has 0 aromatic rings. The molecule has 1 atom stereocenters. The van der Waals surface area contributed by atoms with Gasteiger partial charge in [0.25, 0.3) is 8.32 Å². The predicted octanol–water partition coefficient (Wildman–Crippen LogP) is 2.37. The Morgan fingerprint density at radius 2 is 1.76 bits per heavy atom. The molecule has 6 heteroatoms. The van der Waals surface area contributed by atoms with Gasteiger partial charge in [0.05, 0.1) is 6.23 Å². The molecular formula is C15H33NO4Si. The van der Waals surface area contributed by atoms with Crippen LogP contribution in [0.2, 0.25) is 6.04 Å². The van der Waals surface area contributed by atoms with Crippen molar-refractivity contribution in [3.8, 4) is 0 Å².